The minimum absolute atomic E-state index is 0.273. The molecule has 0 aliphatic rings. The Labute approximate surface area is 201 Å². The van der Waals surface area contributed by atoms with Gasteiger partial charge in [0.1, 0.15) is 11.8 Å². The quantitative estimate of drug-likeness (QED) is 0.354. The zero-order chi connectivity index (χ0) is 23.6. The minimum Gasteiger partial charge on any atom is -0.479 e. The number of aromatic nitrogens is 1. The zero-order valence-electron chi connectivity index (χ0n) is 17.7. The molecule has 0 aliphatic heterocycles. The fourth-order valence-electron chi connectivity index (χ4n) is 2.86. The highest BCUT2D eigenvalue weighted by Gasteiger charge is 2.25. The molecule has 170 valence electrons. The van der Waals surface area contributed by atoms with Crippen LogP contribution in [0, 0.1) is 0 Å². The number of hydrazone groups is 1. The van der Waals surface area contributed by atoms with Crippen molar-refractivity contribution in [1.29, 1.82) is 0 Å². The molecule has 2 N–H and O–H groups in total. The van der Waals surface area contributed by atoms with Crippen molar-refractivity contribution in [1.82, 2.24) is 15.7 Å². The van der Waals surface area contributed by atoms with Gasteiger partial charge in [-0.2, -0.15) is 5.10 Å². The Bertz CT molecular complexity index is 1110. The second-order valence-electron chi connectivity index (χ2n) is 7.11. The van der Waals surface area contributed by atoms with Gasteiger partial charge in [0.05, 0.1) is 11.2 Å². The standard InChI is InChI=1S/C24H22Cl2N4O3/c1-16(33-22-10-9-19(25)13-20(22)26)23(31)29-21(12-17-6-3-2-4-7-17)24(32)30-28-15-18-8-5-11-27-14-18/h2-11,13-16,21H,12H2,1H3,(H,29,31)(H,30,32)/b28-15-/t16-,21-/m0/s1. The first-order valence-electron chi connectivity index (χ1n) is 10.1. The Morgan fingerprint density at radius 3 is 2.58 bits per heavy atom. The lowest BCUT2D eigenvalue weighted by Crippen LogP contribution is -2.50. The van der Waals surface area contributed by atoms with E-state index >= 15 is 0 Å². The first kappa shape index (κ1) is 24.2. The molecular weight excluding hydrogens is 463 g/mol. The van der Waals surface area contributed by atoms with E-state index in [-0.39, 0.29) is 11.4 Å². The third-order valence-corrected chi connectivity index (χ3v) is 5.09. The summed E-state index contributed by atoms with van der Waals surface area (Å²) in [5.74, 6) is -0.633. The fourth-order valence-corrected chi connectivity index (χ4v) is 3.32. The van der Waals surface area contributed by atoms with Gasteiger partial charge in [-0.25, -0.2) is 5.43 Å². The van der Waals surface area contributed by atoms with Crippen LogP contribution >= 0.6 is 23.2 Å². The fraction of sp³-hybridized carbons (Fsp3) is 0.167. The van der Waals surface area contributed by atoms with Crippen LogP contribution < -0.4 is 15.5 Å². The second kappa shape index (κ2) is 12.0. The Hall–Kier alpha value is -3.42. The summed E-state index contributed by atoms with van der Waals surface area (Å²) in [5.41, 5.74) is 4.08. The van der Waals surface area contributed by atoms with Crippen LogP contribution in [0.15, 0.2) is 78.2 Å². The highest BCUT2D eigenvalue weighted by atomic mass is 35.5. The number of benzene rings is 2. The van der Waals surface area contributed by atoms with Crippen molar-refractivity contribution in [3.8, 4) is 5.75 Å². The molecule has 0 saturated carbocycles. The van der Waals surface area contributed by atoms with Crippen LogP contribution in [0.3, 0.4) is 0 Å². The molecule has 2 aromatic carbocycles. The number of nitrogens with one attached hydrogen (secondary N) is 2. The second-order valence-corrected chi connectivity index (χ2v) is 7.95. The molecular formula is C24H22Cl2N4O3. The lowest BCUT2D eigenvalue weighted by molar-refractivity contribution is -0.132. The summed E-state index contributed by atoms with van der Waals surface area (Å²) in [6.45, 7) is 1.57. The van der Waals surface area contributed by atoms with Gasteiger partial charge in [0.25, 0.3) is 11.8 Å². The highest BCUT2D eigenvalue weighted by Crippen LogP contribution is 2.28. The number of pyridine rings is 1. The van der Waals surface area contributed by atoms with E-state index in [1.165, 1.54) is 12.3 Å². The number of rotatable bonds is 9. The number of amides is 2. The molecule has 33 heavy (non-hydrogen) atoms. The van der Waals surface area contributed by atoms with Crippen molar-refractivity contribution in [3.63, 3.8) is 0 Å². The molecule has 2 amide bonds. The van der Waals surface area contributed by atoms with Crippen molar-refractivity contribution in [2.24, 2.45) is 5.10 Å². The van der Waals surface area contributed by atoms with Crippen molar-refractivity contribution in [3.05, 3.63) is 94.2 Å². The number of halogens is 2. The summed E-state index contributed by atoms with van der Waals surface area (Å²) in [6, 6.07) is 16.7. The summed E-state index contributed by atoms with van der Waals surface area (Å²) in [5, 5.41) is 7.44. The van der Waals surface area contributed by atoms with Gasteiger partial charge in [-0.05, 0) is 36.8 Å². The van der Waals surface area contributed by atoms with Crippen molar-refractivity contribution < 1.29 is 14.3 Å². The van der Waals surface area contributed by atoms with Gasteiger partial charge in [0.15, 0.2) is 6.10 Å². The average molecular weight is 485 g/mol. The summed E-state index contributed by atoms with van der Waals surface area (Å²) in [4.78, 5) is 29.6. The summed E-state index contributed by atoms with van der Waals surface area (Å²) >= 11 is 12.0. The molecule has 3 rings (SSSR count). The normalized spacial score (nSPS) is 12.7. The predicted octanol–water partition coefficient (Wildman–Crippen LogP) is 4.03. The maximum absolute atomic E-state index is 12.8. The molecule has 1 aromatic heterocycles. The minimum atomic E-state index is -0.909. The topological polar surface area (TPSA) is 92.7 Å². The van der Waals surface area contributed by atoms with Crippen LogP contribution in [0.25, 0.3) is 0 Å². The average Bonchev–Trinajstić information content (AvgIpc) is 2.81. The number of hydrogen-bond acceptors (Lipinski definition) is 5. The molecule has 0 spiro atoms. The van der Waals surface area contributed by atoms with Crippen molar-refractivity contribution >= 4 is 41.2 Å². The summed E-state index contributed by atoms with van der Waals surface area (Å²) < 4.78 is 5.66. The van der Waals surface area contributed by atoms with Crippen LogP contribution in [0.5, 0.6) is 5.75 Å². The van der Waals surface area contributed by atoms with Gasteiger partial charge < -0.3 is 10.1 Å². The third kappa shape index (κ3) is 7.59. The largest absolute Gasteiger partial charge is 0.479 e. The first-order valence-corrected chi connectivity index (χ1v) is 10.9. The molecule has 0 unspecified atom stereocenters. The Balaban J connectivity index is 1.68. The number of hydrogen-bond donors (Lipinski definition) is 2. The zero-order valence-corrected chi connectivity index (χ0v) is 19.3. The molecule has 9 heteroatoms. The Morgan fingerprint density at radius 1 is 1.09 bits per heavy atom. The van der Waals surface area contributed by atoms with Crippen molar-refractivity contribution in [2.75, 3.05) is 0 Å². The summed E-state index contributed by atoms with van der Waals surface area (Å²) in [7, 11) is 0. The van der Waals surface area contributed by atoms with E-state index in [0.717, 1.165) is 11.1 Å². The molecule has 0 aliphatic carbocycles. The number of carbonyl (C=O) groups excluding carboxylic acids is 2. The van der Waals surface area contributed by atoms with Gasteiger partial charge in [-0.3, -0.25) is 14.6 Å². The maximum atomic E-state index is 12.8. The molecule has 0 bridgehead atoms. The number of carbonyl (C=O) groups is 2. The van der Waals surface area contributed by atoms with E-state index < -0.39 is 24.0 Å². The van der Waals surface area contributed by atoms with Gasteiger partial charge in [0.2, 0.25) is 0 Å². The van der Waals surface area contributed by atoms with E-state index in [1.807, 2.05) is 30.3 Å². The third-order valence-electron chi connectivity index (χ3n) is 4.56. The van der Waals surface area contributed by atoms with E-state index in [9.17, 15) is 9.59 Å². The van der Waals surface area contributed by atoms with Gasteiger partial charge in [0, 0.05) is 29.4 Å². The van der Waals surface area contributed by atoms with Crippen LogP contribution in [-0.4, -0.2) is 35.2 Å². The number of nitrogens with zero attached hydrogens (tertiary/aromatic N) is 2. The van der Waals surface area contributed by atoms with E-state index in [4.69, 9.17) is 27.9 Å². The molecule has 7 nitrogen and oxygen atoms in total. The van der Waals surface area contributed by atoms with Crippen LogP contribution in [-0.2, 0) is 16.0 Å². The molecule has 0 saturated heterocycles. The molecule has 0 fully saturated rings. The molecule has 3 aromatic rings. The van der Waals surface area contributed by atoms with Crippen LogP contribution in [0.2, 0.25) is 10.0 Å². The van der Waals surface area contributed by atoms with E-state index in [0.29, 0.717) is 10.8 Å². The highest BCUT2D eigenvalue weighted by molar-refractivity contribution is 6.35. The SMILES string of the molecule is C[C@H](Oc1ccc(Cl)cc1Cl)C(=O)N[C@@H](Cc1ccccc1)C(=O)N/N=C\c1cccnc1. The monoisotopic (exact) mass is 484 g/mol. The molecule has 0 radical (unpaired) electrons. The van der Waals surface area contributed by atoms with Crippen LogP contribution in [0.4, 0.5) is 0 Å². The molecule has 2 atom stereocenters. The number of ether oxygens (including phenoxy) is 1. The lowest BCUT2D eigenvalue weighted by atomic mass is 10.1. The predicted molar refractivity (Wildman–Crippen MR) is 129 cm³/mol. The molecule has 1 heterocycles. The maximum Gasteiger partial charge on any atom is 0.262 e. The summed E-state index contributed by atoms with van der Waals surface area (Å²) in [6.07, 6.45) is 4.09. The Kier molecular flexibility index (Phi) is 8.80. The van der Waals surface area contributed by atoms with Gasteiger partial charge in [-0.15, -0.1) is 0 Å². The van der Waals surface area contributed by atoms with E-state index in [1.54, 1.807) is 43.6 Å². The van der Waals surface area contributed by atoms with Gasteiger partial charge in [-0.1, -0.05) is 59.6 Å². The van der Waals surface area contributed by atoms with E-state index in [2.05, 4.69) is 20.8 Å². The lowest BCUT2D eigenvalue weighted by Gasteiger charge is -2.21. The Morgan fingerprint density at radius 2 is 1.88 bits per heavy atom. The first-order chi connectivity index (χ1) is 15.9. The van der Waals surface area contributed by atoms with Crippen LogP contribution in [0.1, 0.15) is 18.1 Å². The van der Waals surface area contributed by atoms with Crippen molar-refractivity contribution in [2.45, 2.75) is 25.5 Å². The van der Waals surface area contributed by atoms with Gasteiger partial charge >= 0.3 is 0 Å². The smallest absolute Gasteiger partial charge is 0.262 e.